The fourth-order valence-corrected chi connectivity index (χ4v) is 4.73. The lowest BCUT2D eigenvalue weighted by atomic mass is 10.1. The number of guanidine groups is 1. The number of thiophene rings is 1. The minimum absolute atomic E-state index is 0.548. The molecule has 4 rings (SSSR count). The molecule has 1 unspecified atom stereocenters. The summed E-state index contributed by atoms with van der Waals surface area (Å²) in [6, 6.07) is 4.36. The molecule has 2 aliphatic heterocycles. The Hall–Kier alpha value is -1.97. The van der Waals surface area contributed by atoms with E-state index in [4.69, 9.17) is 9.73 Å². The van der Waals surface area contributed by atoms with Gasteiger partial charge in [0.25, 0.3) is 0 Å². The largest absolute Gasteiger partial charge is 0.381 e. The van der Waals surface area contributed by atoms with Gasteiger partial charge in [-0.2, -0.15) is 0 Å². The van der Waals surface area contributed by atoms with Crippen LogP contribution >= 0.6 is 11.3 Å². The molecule has 4 heterocycles. The van der Waals surface area contributed by atoms with Gasteiger partial charge in [-0.05, 0) is 17.9 Å². The van der Waals surface area contributed by atoms with E-state index in [-0.39, 0.29) is 0 Å². The quantitative estimate of drug-likeness (QED) is 0.507. The number of rotatable bonds is 8. The number of aliphatic imine (C=N–C) groups is 1. The Labute approximate surface area is 182 Å². The topological polar surface area (TPSA) is 70.8 Å². The van der Waals surface area contributed by atoms with Crippen LogP contribution in [0.3, 0.4) is 0 Å². The van der Waals surface area contributed by atoms with Crippen molar-refractivity contribution >= 4 is 17.3 Å². The number of aryl methyl sites for hydroxylation is 1. The lowest BCUT2D eigenvalue weighted by molar-refractivity contribution is 0.173. The zero-order valence-electron chi connectivity index (χ0n) is 17.9. The molecule has 2 saturated heterocycles. The SMILES string of the molecule is CCc1nncn1CCNC(=NCC1CCOC1)N1CCN(Cc2cccs2)CC1. The number of nitrogens with one attached hydrogen (secondary N) is 1. The first-order valence-corrected chi connectivity index (χ1v) is 11.9. The van der Waals surface area contributed by atoms with Gasteiger partial charge in [0.2, 0.25) is 0 Å². The molecule has 1 N–H and O–H groups in total. The third-order valence-corrected chi connectivity index (χ3v) is 6.66. The Kier molecular flexibility index (Phi) is 7.71. The van der Waals surface area contributed by atoms with E-state index in [0.717, 1.165) is 90.2 Å². The number of ether oxygens (including phenoxy) is 1. The van der Waals surface area contributed by atoms with E-state index in [0.29, 0.717) is 5.92 Å². The van der Waals surface area contributed by atoms with E-state index in [1.165, 1.54) is 4.88 Å². The fraction of sp³-hybridized carbons (Fsp3) is 0.667. The maximum Gasteiger partial charge on any atom is 0.194 e. The second-order valence-electron chi connectivity index (χ2n) is 7.96. The molecule has 9 heteroatoms. The van der Waals surface area contributed by atoms with Crippen LogP contribution in [0.25, 0.3) is 0 Å². The summed E-state index contributed by atoms with van der Waals surface area (Å²) in [5.41, 5.74) is 0. The summed E-state index contributed by atoms with van der Waals surface area (Å²) in [6.07, 6.45) is 3.83. The average Bonchev–Trinajstić information content (AvgIpc) is 3.54. The van der Waals surface area contributed by atoms with Crippen molar-refractivity contribution in [3.05, 3.63) is 34.5 Å². The molecule has 2 fully saturated rings. The first-order valence-electron chi connectivity index (χ1n) is 11.0. The van der Waals surface area contributed by atoms with Crippen LogP contribution in [0.5, 0.6) is 0 Å². The van der Waals surface area contributed by atoms with E-state index in [1.54, 1.807) is 0 Å². The van der Waals surface area contributed by atoms with Gasteiger partial charge in [-0.1, -0.05) is 13.0 Å². The summed E-state index contributed by atoms with van der Waals surface area (Å²) >= 11 is 1.84. The molecule has 0 spiro atoms. The lowest BCUT2D eigenvalue weighted by Crippen LogP contribution is -2.52. The fourth-order valence-electron chi connectivity index (χ4n) is 3.98. The van der Waals surface area contributed by atoms with Crippen LogP contribution in [0.4, 0.5) is 0 Å². The summed E-state index contributed by atoms with van der Waals surface area (Å²) in [4.78, 5) is 11.4. The van der Waals surface area contributed by atoms with Crippen molar-refractivity contribution in [2.75, 3.05) is 52.5 Å². The number of hydrogen-bond acceptors (Lipinski definition) is 6. The number of aromatic nitrogens is 3. The van der Waals surface area contributed by atoms with Gasteiger partial charge in [0.1, 0.15) is 12.2 Å². The van der Waals surface area contributed by atoms with Crippen LogP contribution in [-0.2, 0) is 24.2 Å². The molecule has 0 aromatic carbocycles. The first-order chi connectivity index (χ1) is 14.8. The average molecular weight is 432 g/mol. The van der Waals surface area contributed by atoms with Gasteiger partial charge in [0.15, 0.2) is 5.96 Å². The summed E-state index contributed by atoms with van der Waals surface area (Å²) in [5.74, 6) is 2.61. The number of piperazine rings is 1. The lowest BCUT2D eigenvalue weighted by Gasteiger charge is -2.36. The minimum atomic E-state index is 0.548. The maximum atomic E-state index is 5.53. The van der Waals surface area contributed by atoms with Crippen LogP contribution in [0.15, 0.2) is 28.8 Å². The molecule has 0 bridgehead atoms. The highest BCUT2D eigenvalue weighted by atomic mass is 32.1. The molecule has 2 aromatic heterocycles. The zero-order chi connectivity index (χ0) is 20.6. The van der Waals surface area contributed by atoms with Crippen molar-refractivity contribution in [3.8, 4) is 0 Å². The predicted molar refractivity (Wildman–Crippen MR) is 120 cm³/mol. The molecule has 1 atom stereocenters. The molecule has 2 aromatic rings. The van der Waals surface area contributed by atoms with Crippen molar-refractivity contribution < 1.29 is 4.74 Å². The molecule has 164 valence electrons. The molecular formula is C21H33N7OS. The smallest absolute Gasteiger partial charge is 0.194 e. The van der Waals surface area contributed by atoms with Gasteiger partial charge in [-0.25, -0.2) is 0 Å². The third-order valence-electron chi connectivity index (χ3n) is 5.80. The second-order valence-corrected chi connectivity index (χ2v) is 8.99. The van der Waals surface area contributed by atoms with Gasteiger partial charge >= 0.3 is 0 Å². The van der Waals surface area contributed by atoms with Gasteiger partial charge in [0, 0.05) is 76.2 Å². The van der Waals surface area contributed by atoms with Crippen LogP contribution in [-0.4, -0.2) is 83.0 Å². The maximum absolute atomic E-state index is 5.53. The standard InChI is InChI=1S/C21H33N7OS/c1-2-20-25-24-17-28(20)7-6-22-21(23-14-18-5-12-29-16-18)27-10-8-26(9-11-27)15-19-4-3-13-30-19/h3-4,13,17-18H,2,5-12,14-16H2,1H3,(H,22,23). The molecular weight excluding hydrogens is 398 g/mol. The Balaban J connectivity index is 1.32. The minimum Gasteiger partial charge on any atom is -0.381 e. The Morgan fingerprint density at radius 1 is 1.33 bits per heavy atom. The van der Waals surface area contributed by atoms with Crippen LogP contribution in [0.2, 0.25) is 0 Å². The Bertz CT molecular complexity index is 777. The molecule has 2 aliphatic rings. The zero-order valence-corrected chi connectivity index (χ0v) is 18.7. The number of nitrogens with zero attached hydrogens (tertiary/aromatic N) is 6. The normalized spacial score (nSPS) is 20.8. The molecule has 0 aliphatic carbocycles. The Morgan fingerprint density at radius 2 is 2.23 bits per heavy atom. The van der Waals surface area contributed by atoms with E-state index in [2.05, 4.69) is 54.3 Å². The van der Waals surface area contributed by atoms with E-state index < -0.39 is 0 Å². The highest BCUT2D eigenvalue weighted by Crippen LogP contribution is 2.15. The summed E-state index contributed by atoms with van der Waals surface area (Å²) in [7, 11) is 0. The van der Waals surface area contributed by atoms with Crippen LogP contribution < -0.4 is 5.32 Å². The Morgan fingerprint density at radius 3 is 2.97 bits per heavy atom. The van der Waals surface area contributed by atoms with Crippen LogP contribution in [0.1, 0.15) is 24.0 Å². The highest BCUT2D eigenvalue weighted by Gasteiger charge is 2.21. The highest BCUT2D eigenvalue weighted by molar-refractivity contribution is 7.09. The summed E-state index contributed by atoms with van der Waals surface area (Å²) in [6.45, 7) is 11.5. The summed E-state index contributed by atoms with van der Waals surface area (Å²) in [5, 5.41) is 14.0. The molecule has 8 nitrogen and oxygen atoms in total. The van der Waals surface area contributed by atoms with Crippen molar-refractivity contribution in [3.63, 3.8) is 0 Å². The molecule has 0 saturated carbocycles. The van der Waals surface area contributed by atoms with E-state index in [1.807, 2.05) is 17.7 Å². The molecule has 0 radical (unpaired) electrons. The van der Waals surface area contributed by atoms with Gasteiger partial charge in [0.05, 0.1) is 6.61 Å². The van der Waals surface area contributed by atoms with Crippen LogP contribution in [0, 0.1) is 5.92 Å². The first kappa shape index (κ1) is 21.3. The summed E-state index contributed by atoms with van der Waals surface area (Å²) < 4.78 is 7.65. The predicted octanol–water partition coefficient (Wildman–Crippen LogP) is 1.70. The van der Waals surface area contributed by atoms with E-state index >= 15 is 0 Å². The van der Waals surface area contributed by atoms with Crippen molar-refractivity contribution in [2.24, 2.45) is 10.9 Å². The number of hydrogen-bond donors (Lipinski definition) is 1. The van der Waals surface area contributed by atoms with Gasteiger partial charge < -0.3 is 19.5 Å². The third kappa shape index (κ3) is 5.80. The van der Waals surface area contributed by atoms with Crippen molar-refractivity contribution in [2.45, 2.75) is 32.9 Å². The van der Waals surface area contributed by atoms with Gasteiger partial charge in [-0.3, -0.25) is 9.89 Å². The second kappa shape index (κ2) is 10.9. The van der Waals surface area contributed by atoms with Crippen molar-refractivity contribution in [1.82, 2.24) is 29.9 Å². The van der Waals surface area contributed by atoms with E-state index in [9.17, 15) is 0 Å². The molecule has 0 amide bonds. The monoisotopic (exact) mass is 431 g/mol. The molecule has 30 heavy (non-hydrogen) atoms. The van der Waals surface area contributed by atoms with Gasteiger partial charge in [-0.15, -0.1) is 21.5 Å². The van der Waals surface area contributed by atoms with Crippen molar-refractivity contribution in [1.29, 1.82) is 0 Å².